The first-order chi connectivity index (χ1) is 8.22. The molecule has 0 saturated heterocycles. The van der Waals surface area contributed by atoms with Crippen molar-refractivity contribution < 1.29 is 14.6 Å². The van der Waals surface area contributed by atoms with Crippen molar-refractivity contribution in [1.29, 1.82) is 0 Å². The van der Waals surface area contributed by atoms with Gasteiger partial charge in [0.15, 0.2) is 0 Å². The lowest BCUT2D eigenvalue weighted by Gasteiger charge is -2.20. The van der Waals surface area contributed by atoms with Crippen LogP contribution in [0.2, 0.25) is 0 Å². The maximum atomic E-state index is 10.6. The fraction of sp³-hybridized carbons (Fsp3) is 0.357. The first-order valence-corrected chi connectivity index (χ1v) is 5.82. The molecular formula is C14H16O3. The Morgan fingerprint density at radius 3 is 2.65 bits per heavy atom. The number of hydrogen-bond acceptors (Lipinski definition) is 2. The van der Waals surface area contributed by atoms with E-state index in [9.17, 15) is 4.79 Å². The molecule has 0 fully saturated rings. The van der Waals surface area contributed by atoms with Gasteiger partial charge in [0.1, 0.15) is 5.75 Å². The molecule has 0 aromatic heterocycles. The zero-order valence-electron chi connectivity index (χ0n) is 9.90. The fourth-order valence-corrected chi connectivity index (χ4v) is 2.37. The van der Waals surface area contributed by atoms with E-state index in [4.69, 9.17) is 9.84 Å². The summed E-state index contributed by atoms with van der Waals surface area (Å²) in [6, 6.07) is 3.86. The SMILES string of the molecule is COc1ccc(/C=C/C(=O)O)c2c1CCCC2. The average molecular weight is 232 g/mol. The van der Waals surface area contributed by atoms with Crippen LogP contribution >= 0.6 is 0 Å². The summed E-state index contributed by atoms with van der Waals surface area (Å²) in [5, 5.41) is 8.67. The van der Waals surface area contributed by atoms with Crippen molar-refractivity contribution in [3.63, 3.8) is 0 Å². The molecule has 1 aliphatic carbocycles. The van der Waals surface area contributed by atoms with Gasteiger partial charge in [-0.25, -0.2) is 4.79 Å². The summed E-state index contributed by atoms with van der Waals surface area (Å²) in [4.78, 5) is 10.6. The first-order valence-electron chi connectivity index (χ1n) is 5.82. The monoisotopic (exact) mass is 232 g/mol. The minimum atomic E-state index is -0.912. The molecule has 0 atom stereocenters. The van der Waals surface area contributed by atoms with Gasteiger partial charge >= 0.3 is 5.97 Å². The van der Waals surface area contributed by atoms with Crippen LogP contribution in [0.5, 0.6) is 5.75 Å². The lowest BCUT2D eigenvalue weighted by molar-refractivity contribution is -0.131. The van der Waals surface area contributed by atoms with Crippen LogP contribution in [0.3, 0.4) is 0 Å². The van der Waals surface area contributed by atoms with E-state index < -0.39 is 5.97 Å². The summed E-state index contributed by atoms with van der Waals surface area (Å²) >= 11 is 0. The van der Waals surface area contributed by atoms with E-state index in [1.165, 1.54) is 23.6 Å². The average Bonchev–Trinajstić information content (AvgIpc) is 2.35. The Hall–Kier alpha value is -1.77. The van der Waals surface area contributed by atoms with Crippen molar-refractivity contribution in [2.24, 2.45) is 0 Å². The van der Waals surface area contributed by atoms with E-state index >= 15 is 0 Å². The van der Waals surface area contributed by atoms with Crippen LogP contribution < -0.4 is 4.74 Å². The van der Waals surface area contributed by atoms with E-state index in [-0.39, 0.29) is 0 Å². The quantitative estimate of drug-likeness (QED) is 0.815. The summed E-state index contributed by atoms with van der Waals surface area (Å²) in [6.45, 7) is 0. The van der Waals surface area contributed by atoms with Gasteiger partial charge in [-0.05, 0) is 54.5 Å². The van der Waals surface area contributed by atoms with E-state index in [0.717, 1.165) is 30.6 Å². The highest BCUT2D eigenvalue weighted by atomic mass is 16.5. The van der Waals surface area contributed by atoms with Crippen molar-refractivity contribution in [2.45, 2.75) is 25.7 Å². The molecule has 0 saturated carbocycles. The Labute approximate surface area is 101 Å². The number of carbonyl (C=O) groups is 1. The standard InChI is InChI=1S/C14H16O3/c1-17-13-8-6-10(7-9-14(15)16)11-4-2-3-5-12(11)13/h6-9H,2-5H2,1H3,(H,15,16)/b9-7+. The molecule has 0 heterocycles. The second-order valence-corrected chi connectivity index (χ2v) is 4.19. The van der Waals surface area contributed by atoms with E-state index in [2.05, 4.69) is 0 Å². The summed E-state index contributed by atoms with van der Waals surface area (Å²) in [5.41, 5.74) is 3.49. The van der Waals surface area contributed by atoms with Crippen LogP contribution in [-0.2, 0) is 17.6 Å². The van der Waals surface area contributed by atoms with Crippen LogP contribution in [0.4, 0.5) is 0 Å². The van der Waals surface area contributed by atoms with Gasteiger partial charge in [0.2, 0.25) is 0 Å². The number of fused-ring (bicyclic) bond motifs is 1. The van der Waals surface area contributed by atoms with Gasteiger partial charge in [-0.15, -0.1) is 0 Å². The molecule has 1 aliphatic rings. The van der Waals surface area contributed by atoms with Gasteiger partial charge in [0.05, 0.1) is 7.11 Å². The van der Waals surface area contributed by atoms with Gasteiger partial charge in [-0.2, -0.15) is 0 Å². The summed E-state index contributed by atoms with van der Waals surface area (Å²) in [6.07, 6.45) is 7.23. The van der Waals surface area contributed by atoms with Crippen LogP contribution in [-0.4, -0.2) is 18.2 Å². The smallest absolute Gasteiger partial charge is 0.328 e. The van der Waals surface area contributed by atoms with Crippen molar-refractivity contribution in [3.05, 3.63) is 34.9 Å². The highest BCUT2D eigenvalue weighted by molar-refractivity contribution is 5.85. The molecule has 3 nitrogen and oxygen atoms in total. The third-order valence-corrected chi connectivity index (χ3v) is 3.15. The number of rotatable bonds is 3. The van der Waals surface area contributed by atoms with Gasteiger partial charge in [-0.3, -0.25) is 0 Å². The zero-order valence-corrected chi connectivity index (χ0v) is 9.90. The van der Waals surface area contributed by atoms with Gasteiger partial charge in [-0.1, -0.05) is 6.07 Å². The molecule has 1 N–H and O–H groups in total. The molecule has 1 aromatic rings. The first kappa shape index (κ1) is 11.7. The van der Waals surface area contributed by atoms with Crippen molar-refractivity contribution in [2.75, 3.05) is 7.11 Å². The maximum Gasteiger partial charge on any atom is 0.328 e. The number of aliphatic carboxylic acids is 1. The summed E-state index contributed by atoms with van der Waals surface area (Å²) < 4.78 is 5.35. The van der Waals surface area contributed by atoms with E-state index in [1.807, 2.05) is 12.1 Å². The third kappa shape index (κ3) is 2.49. The Morgan fingerprint density at radius 2 is 2.00 bits per heavy atom. The van der Waals surface area contributed by atoms with Crippen molar-refractivity contribution >= 4 is 12.0 Å². The highest BCUT2D eigenvalue weighted by Gasteiger charge is 2.16. The second kappa shape index (κ2) is 5.04. The molecule has 0 unspecified atom stereocenters. The van der Waals surface area contributed by atoms with Gasteiger partial charge in [0.25, 0.3) is 0 Å². The maximum absolute atomic E-state index is 10.6. The Morgan fingerprint density at radius 1 is 1.29 bits per heavy atom. The fourth-order valence-electron chi connectivity index (χ4n) is 2.37. The second-order valence-electron chi connectivity index (χ2n) is 4.19. The molecule has 17 heavy (non-hydrogen) atoms. The van der Waals surface area contributed by atoms with Crippen LogP contribution in [0.25, 0.3) is 6.08 Å². The molecule has 0 aliphatic heterocycles. The van der Waals surface area contributed by atoms with Crippen LogP contribution in [0.15, 0.2) is 18.2 Å². The topological polar surface area (TPSA) is 46.5 Å². The molecule has 2 rings (SSSR count). The summed E-state index contributed by atoms with van der Waals surface area (Å²) in [7, 11) is 1.68. The number of hydrogen-bond donors (Lipinski definition) is 1. The Balaban J connectivity index is 2.44. The number of ether oxygens (including phenoxy) is 1. The Kier molecular flexibility index (Phi) is 3.47. The zero-order chi connectivity index (χ0) is 12.3. The molecule has 90 valence electrons. The molecule has 3 heteroatoms. The number of methoxy groups -OCH3 is 1. The predicted octanol–water partition coefficient (Wildman–Crippen LogP) is 2.67. The minimum absolute atomic E-state index is 0.912. The number of carboxylic acids is 1. The van der Waals surface area contributed by atoms with E-state index in [0.29, 0.717) is 0 Å². The van der Waals surface area contributed by atoms with Crippen LogP contribution in [0.1, 0.15) is 29.5 Å². The third-order valence-electron chi connectivity index (χ3n) is 3.15. The highest BCUT2D eigenvalue weighted by Crippen LogP contribution is 2.32. The van der Waals surface area contributed by atoms with Gasteiger partial charge in [0, 0.05) is 6.08 Å². The molecular weight excluding hydrogens is 216 g/mol. The van der Waals surface area contributed by atoms with E-state index in [1.54, 1.807) is 13.2 Å². The van der Waals surface area contributed by atoms with Crippen molar-refractivity contribution in [3.8, 4) is 5.75 Å². The summed E-state index contributed by atoms with van der Waals surface area (Å²) in [5.74, 6) is 0.0116. The predicted molar refractivity (Wildman–Crippen MR) is 66.3 cm³/mol. The largest absolute Gasteiger partial charge is 0.496 e. The van der Waals surface area contributed by atoms with Gasteiger partial charge < -0.3 is 9.84 Å². The lowest BCUT2D eigenvalue weighted by Crippen LogP contribution is -2.07. The number of benzene rings is 1. The lowest BCUT2D eigenvalue weighted by atomic mass is 9.87. The molecule has 0 spiro atoms. The molecule has 1 aromatic carbocycles. The normalized spacial score (nSPS) is 14.6. The minimum Gasteiger partial charge on any atom is -0.496 e. The number of carboxylic acid groups (broad SMARTS) is 1. The van der Waals surface area contributed by atoms with Crippen molar-refractivity contribution in [1.82, 2.24) is 0 Å². The molecule has 0 amide bonds. The Bertz CT molecular complexity index is 461. The molecule has 0 bridgehead atoms. The van der Waals surface area contributed by atoms with Crippen LogP contribution in [0, 0.1) is 0 Å². The molecule has 0 radical (unpaired) electrons.